The highest BCUT2D eigenvalue weighted by atomic mass is 19.2. The van der Waals surface area contributed by atoms with Crippen LogP contribution < -0.4 is 0 Å². The number of aryl methyl sites for hydroxylation is 3. The van der Waals surface area contributed by atoms with E-state index < -0.39 is 11.6 Å². The van der Waals surface area contributed by atoms with Crippen molar-refractivity contribution in [2.45, 2.75) is 26.3 Å². The molecular weight excluding hydrogens is 346 g/mol. The number of hydrogen-bond acceptors (Lipinski definition) is 3. The lowest BCUT2D eigenvalue weighted by atomic mass is 10.1. The van der Waals surface area contributed by atoms with E-state index in [0.29, 0.717) is 35.3 Å². The van der Waals surface area contributed by atoms with E-state index in [4.69, 9.17) is 4.98 Å². The van der Waals surface area contributed by atoms with Gasteiger partial charge in [0.2, 0.25) is 0 Å². The minimum absolute atomic E-state index is 0.428. The molecule has 0 saturated carbocycles. The SMILES string of the molecule is Cc1nc(CCc2cn3c(n2)-c2ccccc2C3)nc2cc(F)c(F)cc12. The van der Waals surface area contributed by atoms with Gasteiger partial charge in [-0.1, -0.05) is 24.3 Å². The van der Waals surface area contributed by atoms with Gasteiger partial charge in [0.15, 0.2) is 11.6 Å². The molecule has 2 aromatic heterocycles. The maximum absolute atomic E-state index is 13.5. The average Bonchev–Trinajstić information content (AvgIpc) is 3.19. The molecule has 5 rings (SSSR count). The van der Waals surface area contributed by atoms with Crippen molar-refractivity contribution in [2.75, 3.05) is 0 Å². The topological polar surface area (TPSA) is 43.6 Å². The molecule has 0 saturated heterocycles. The highest BCUT2D eigenvalue weighted by Crippen LogP contribution is 2.31. The van der Waals surface area contributed by atoms with Crippen LogP contribution in [0.15, 0.2) is 42.6 Å². The predicted octanol–water partition coefficient (Wildman–Crippen LogP) is 4.23. The van der Waals surface area contributed by atoms with Crippen molar-refractivity contribution in [3.05, 3.63) is 77.0 Å². The summed E-state index contributed by atoms with van der Waals surface area (Å²) in [5.74, 6) is -0.168. The minimum atomic E-state index is -0.893. The van der Waals surface area contributed by atoms with Crippen LogP contribution in [0.25, 0.3) is 22.3 Å². The molecule has 0 radical (unpaired) electrons. The third-order valence-corrected chi connectivity index (χ3v) is 5.00. The Morgan fingerprint density at radius 3 is 2.70 bits per heavy atom. The molecule has 4 aromatic rings. The summed E-state index contributed by atoms with van der Waals surface area (Å²) in [6.07, 6.45) is 3.35. The fourth-order valence-electron chi connectivity index (χ4n) is 3.67. The van der Waals surface area contributed by atoms with Crippen molar-refractivity contribution in [2.24, 2.45) is 0 Å². The van der Waals surface area contributed by atoms with Crippen molar-refractivity contribution < 1.29 is 8.78 Å². The van der Waals surface area contributed by atoms with Gasteiger partial charge in [-0.25, -0.2) is 23.7 Å². The molecule has 2 aromatic carbocycles. The molecule has 0 bridgehead atoms. The van der Waals surface area contributed by atoms with Gasteiger partial charge in [-0.05, 0) is 25.0 Å². The maximum atomic E-state index is 13.5. The Bertz CT molecular complexity index is 1200. The van der Waals surface area contributed by atoms with Gasteiger partial charge in [0.25, 0.3) is 0 Å². The largest absolute Gasteiger partial charge is 0.326 e. The van der Waals surface area contributed by atoms with E-state index in [1.54, 1.807) is 6.92 Å². The summed E-state index contributed by atoms with van der Waals surface area (Å²) in [6, 6.07) is 10.6. The van der Waals surface area contributed by atoms with Gasteiger partial charge in [-0.2, -0.15) is 0 Å². The molecule has 0 amide bonds. The molecule has 0 aliphatic carbocycles. The van der Waals surface area contributed by atoms with Gasteiger partial charge in [0.1, 0.15) is 11.6 Å². The van der Waals surface area contributed by atoms with Crippen molar-refractivity contribution in [1.29, 1.82) is 0 Å². The lowest BCUT2D eigenvalue weighted by molar-refractivity contribution is 0.510. The standard InChI is InChI=1S/C21H16F2N4/c1-12-16-8-17(22)18(23)9-19(16)26-20(24-12)7-6-14-11-27-10-13-4-2-3-5-15(13)21(27)25-14/h2-5,8-9,11H,6-7,10H2,1H3. The van der Waals surface area contributed by atoms with Crippen LogP contribution >= 0.6 is 0 Å². The van der Waals surface area contributed by atoms with Gasteiger partial charge in [0, 0.05) is 41.9 Å². The predicted molar refractivity (Wildman–Crippen MR) is 98.4 cm³/mol. The van der Waals surface area contributed by atoms with Gasteiger partial charge in [0.05, 0.1) is 11.2 Å². The zero-order chi connectivity index (χ0) is 18.5. The number of imidazole rings is 1. The molecule has 6 heteroatoms. The highest BCUT2D eigenvalue weighted by Gasteiger charge is 2.20. The Morgan fingerprint density at radius 2 is 1.81 bits per heavy atom. The number of nitrogens with zero attached hydrogens (tertiary/aromatic N) is 4. The van der Waals surface area contributed by atoms with E-state index in [9.17, 15) is 8.78 Å². The molecule has 27 heavy (non-hydrogen) atoms. The zero-order valence-electron chi connectivity index (χ0n) is 14.7. The summed E-state index contributed by atoms with van der Waals surface area (Å²) in [7, 11) is 0. The van der Waals surface area contributed by atoms with Crippen molar-refractivity contribution in [3.8, 4) is 11.4 Å². The third kappa shape index (κ3) is 2.68. The number of aromatic nitrogens is 4. The maximum Gasteiger partial charge on any atom is 0.161 e. The molecule has 0 atom stereocenters. The number of hydrogen-bond donors (Lipinski definition) is 0. The smallest absolute Gasteiger partial charge is 0.161 e. The first-order chi connectivity index (χ1) is 13.1. The number of halogens is 2. The van der Waals surface area contributed by atoms with Crippen LogP contribution in [-0.4, -0.2) is 19.5 Å². The summed E-state index contributed by atoms with van der Waals surface area (Å²) in [5.41, 5.74) is 4.52. The number of benzene rings is 2. The molecule has 0 spiro atoms. The molecule has 0 N–H and O–H groups in total. The van der Waals surface area contributed by atoms with Gasteiger partial charge < -0.3 is 4.57 Å². The van der Waals surface area contributed by atoms with Crippen LogP contribution in [-0.2, 0) is 19.4 Å². The third-order valence-electron chi connectivity index (χ3n) is 5.00. The monoisotopic (exact) mass is 362 g/mol. The molecular formula is C21H16F2N4. The Hall–Kier alpha value is -3.15. The second-order valence-electron chi connectivity index (χ2n) is 6.85. The molecule has 3 heterocycles. The van der Waals surface area contributed by atoms with E-state index in [0.717, 1.165) is 30.2 Å². The van der Waals surface area contributed by atoms with Gasteiger partial charge in [-0.3, -0.25) is 0 Å². The minimum Gasteiger partial charge on any atom is -0.326 e. The Balaban J connectivity index is 1.41. The summed E-state index contributed by atoms with van der Waals surface area (Å²) in [4.78, 5) is 13.6. The van der Waals surface area contributed by atoms with E-state index in [2.05, 4.69) is 32.9 Å². The van der Waals surface area contributed by atoms with E-state index >= 15 is 0 Å². The zero-order valence-corrected chi connectivity index (χ0v) is 14.7. The van der Waals surface area contributed by atoms with Crippen LogP contribution in [0.2, 0.25) is 0 Å². The van der Waals surface area contributed by atoms with Crippen molar-refractivity contribution in [1.82, 2.24) is 19.5 Å². The Kier molecular flexibility index (Phi) is 3.53. The lowest BCUT2D eigenvalue weighted by Gasteiger charge is -2.06. The van der Waals surface area contributed by atoms with Crippen LogP contribution in [0.4, 0.5) is 8.78 Å². The van der Waals surface area contributed by atoms with E-state index in [-0.39, 0.29) is 0 Å². The average molecular weight is 362 g/mol. The second-order valence-corrected chi connectivity index (χ2v) is 6.85. The van der Waals surface area contributed by atoms with Crippen LogP contribution in [0, 0.1) is 18.6 Å². The van der Waals surface area contributed by atoms with Gasteiger partial charge in [-0.15, -0.1) is 0 Å². The first-order valence-electron chi connectivity index (χ1n) is 8.85. The van der Waals surface area contributed by atoms with Crippen LogP contribution in [0.1, 0.15) is 22.8 Å². The number of fused-ring (bicyclic) bond motifs is 4. The van der Waals surface area contributed by atoms with E-state index in [1.165, 1.54) is 11.1 Å². The van der Waals surface area contributed by atoms with Crippen molar-refractivity contribution in [3.63, 3.8) is 0 Å². The molecule has 0 fully saturated rings. The first-order valence-corrected chi connectivity index (χ1v) is 8.85. The van der Waals surface area contributed by atoms with Crippen molar-refractivity contribution >= 4 is 10.9 Å². The van der Waals surface area contributed by atoms with Crippen LogP contribution in [0.3, 0.4) is 0 Å². The second kappa shape index (κ2) is 5.94. The Labute approximate surface area is 154 Å². The fraction of sp³-hybridized carbons (Fsp3) is 0.190. The van der Waals surface area contributed by atoms with Crippen LogP contribution in [0.5, 0.6) is 0 Å². The quantitative estimate of drug-likeness (QED) is 0.482. The normalized spacial score (nSPS) is 12.4. The molecule has 0 unspecified atom stereocenters. The number of rotatable bonds is 3. The highest BCUT2D eigenvalue weighted by molar-refractivity contribution is 5.80. The molecule has 4 nitrogen and oxygen atoms in total. The molecule has 1 aliphatic rings. The first kappa shape index (κ1) is 16.1. The fourth-order valence-corrected chi connectivity index (χ4v) is 3.67. The molecule has 1 aliphatic heterocycles. The molecule has 134 valence electrons. The summed E-state index contributed by atoms with van der Waals surface area (Å²) < 4.78 is 29.1. The summed E-state index contributed by atoms with van der Waals surface area (Å²) >= 11 is 0. The summed E-state index contributed by atoms with van der Waals surface area (Å²) in [5, 5.41) is 0.537. The Morgan fingerprint density at radius 1 is 1.00 bits per heavy atom. The lowest BCUT2D eigenvalue weighted by Crippen LogP contribution is -2.02. The van der Waals surface area contributed by atoms with E-state index in [1.807, 2.05) is 12.1 Å². The summed E-state index contributed by atoms with van der Waals surface area (Å²) in [6.45, 7) is 2.63. The van der Waals surface area contributed by atoms with Gasteiger partial charge >= 0.3 is 0 Å².